The van der Waals surface area contributed by atoms with Gasteiger partial charge in [-0.3, -0.25) is 9.59 Å². The minimum absolute atomic E-state index is 0.0356. The monoisotopic (exact) mass is 327 g/mol. The molecule has 1 aliphatic carbocycles. The Morgan fingerprint density at radius 2 is 1.62 bits per heavy atom. The molecule has 0 aromatic heterocycles. The zero-order valence-electron chi connectivity index (χ0n) is 14.2. The zero-order chi connectivity index (χ0) is 16.9. The lowest BCUT2D eigenvalue weighted by Gasteiger charge is -2.28. The van der Waals surface area contributed by atoms with Crippen LogP contribution in [0.2, 0.25) is 0 Å². The molecule has 0 bridgehead atoms. The summed E-state index contributed by atoms with van der Waals surface area (Å²) in [6.45, 7) is 2.23. The fourth-order valence-corrected chi connectivity index (χ4v) is 3.73. The van der Waals surface area contributed by atoms with Crippen LogP contribution in [0.25, 0.3) is 0 Å². The van der Waals surface area contributed by atoms with Crippen LogP contribution in [0.3, 0.4) is 0 Å². The molecule has 0 saturated heterocycles. The summed E-state index contributed by atoms with van der Waals surface area (Å²) in [6, 6.07) is 8.11. The Balaban J connectivity index is 1.51. The van der Waals surface area contributed by atoms with Crippen LogP contribution in [0.5, 0.6) is 5.75 Å². The van der Waals surface area contributed by atoms with Gasteiger partial charge in [0.25, 0.3) is 11.8 Å². The summed E-state index contributed by atoms with van der Waals surface area (Å²) in [5.41, 5.74) is 1.37. The average molecular weight is 327 g/mol. The molecule has 0 spiro atoms. The van der Waals surface area contributed by atoms with Crippen LogP contribution in [0.1, 0.15) is 56.9 Å². The van der Waals surface area contributed by atoms with Crippen molar-refractivity contribution >= 4 is 11.8 Å². The third-order valence-electron chi connectivity index (χ3n) is 5.16. The number of hydrogen-bond donors (Lipinski definition) is 0. The van der Waals surface area contributed by atoms with Crippen LogP contribution < -0.4 is 4.74 Å². The summed E-state index contributed by atoms with van der Waals surface area (Å²) in [6.07, 6.45) is 10.4. The number of carbonyl (C=O) groups excluding carboxylic acids is 2. The maximum Gasteiger partial charge on any atom is 0.256 e. The van der Waals surface area contributed by atoms with Gasteiger partial charge in [0.1, 0.15) is 5.75 Å². The molecule has 0 atom stereocenters. The van der Waals surface area contributed by atoms with Crippen molar-refractivity contribution in [2.24, 2.45) is 5.92 Å². The van der Waals surface area contributed by atoms with Crippen LogP contribution in [-0.4, -0.2) is 23.4 Å². The molecule has 1 aromatic carbocycles. The molecular weight excluding hydrogens is 302 g/mol. The van der Waals surface area contributed by atoms with Gasteiger partial charge < -0.3 is 4.74 Å². The minimum Gasteiger partial charge on any atom is -0.473 e. The predicted molar refractivity (Wildman–Crippen MR) is 92.5 cm³/mol. The van der Waals surface area contributed by atoms with Crippen molar-refractivity contribution in [1.82, 2.24) is 4.90 Å². The molecule has 4 nitrogen and oxygen atoms in total. The molecule has 2 amide bonds. The van der Waals surface area contributed by atoms with Crippen LogP contribution in [0, 0.1) is 5.92 Å². The smallest absolute Gasteiger partial charge is 0.256 e. The van der Waals surface area contributed by atoms with E-state index >= 15 is 0 Å². The number of hydrogen-bond acceptors (Lipinski definition) is 3. The highest BCUT2D eigenvalue weighted by molar-refractivity contribution is 6.12. The Morgan fingerprint density at radius 1 is 1.00 bits per heavy atom. The maximum atomic E-state index is 11.5. The van der Waals surface area contributed by atoms with Crippen molar-refractivity contribution in [2.75, 3.05) is 6.73 Å². The van der Waals surface area contributed by atoms with Gasteiger partial charge in [-0.2, -0.15) is 0 Å². The van der Waals surface area contributed by atoms with Crippen molar-refractivity contribution in [3.05, 3.63) is 42.0 Å². The lowest BCUT2D eigenvalue weighted by Crippen LogP contribution is -2.33. The predicted octanol–water partition coefficient (Wildman–Crippen LogP) is 4.02. The third kappa shape index (κ3) is 3.86. The summed E-state index contributed by atoms with van der Waals surface area (Å²) in [5.74, 6) is 1.61. The highest BCUT2D eigenvalue weighted by Crippen LogP contribution is 2.37. The van der Waals surface area contributed by atoms with Crippen molar-refractivity contribution < 1.29 is 14.3 Å². The highest BCUT2D eigenvalue weighted by atomic mass is 16.5. The van der Waals surface area contributed by atoms with Gasteiger partial charge in [0.2, 0.25) is 0 Å². The molecule has 128 valence electrons. The quantitative estimate of drug-likeness (QED) is 0.741. The second kappa shape index (κ2) is 7.65. The molecule has 4 heteroatoms. The second-order valence-electron chi connectivity index (χ2n) is 6.79. The lowest BCUT2D eigenvalue weighted by molar-refractivity contribution is -0.140. The summed E-state index contributed by atoms with van der Waals surface area (Å²) >= 11 is 0. The van der Waals surface area contributed by atoms with Gasteiger partial charge in [-0.05, 0) is 55.2 Å². The van der Waals surface area contributed by atoms with Crippen molar-refractivity contribution in [2.45, 2.75) is 51.4 Å². The summed E-state index contributed by atoms with van der Waals surface area (Å²) in [7, 11) is 0. The van der Waals surface area contributed by atoms with E-state index in [0.717, 1.165) is 10.8 Å². The van der Waals surface area contributed by atoms with Gasteiger partial charge in [-0.15, -0.1) is 0 Å². The van der Waals surface area contributed by atoms with Gasteiger partial charge in [0, 0.05) is 12.2 Å². The first kappa shape index (κ1) is 16.7. The van der Waals surface area contributed by atoms with E-state index < -0.39 is 0 Å². The average Bonchev–Trinajstić information content (AvgIpc) is 2.93. The third-order valence-corrected chi connectivity index (χ3v) is 5.16. The summed E-state index contributed by atoms with van der Waals surface area (Å²) in [5, 5.41) is 0. The van der Waals surface area contributed by atoms with E-state index in [-0.39, 0.29) is 18.5 Å². The first-order chi connectivity index (χ1) is 11.7. The molecule has 0 radical (unpaired) electrons. The molecule has 1 aliphatic heterocycles. The number of nitrogens with zero attached hydrogens (tertiary/aromatic N) is 1. The second-order valence-corrected chi connectivity index (χ2v) is 6.79. The first-order valence-corrected chi connectivity index (χ1v) is 8.93. The van der Waals surface area contributed by atoms with Crippen LogP contribution >= 0.6 is 0 Å². The van der Waals surface area contributed by atoms with E-state index in [1.165, 1.54) is 56.2 Å². The van der Waals surface area contributed by atoms with Crippen LogP contribution in [0.15, 0.2) is 36.4 Å². The van der Waals surface area contributed by atoms with Crippen molar-refractivity contribution in [1.29, 1.82) is 0 Å². The van der Waals surface area contributed by atoms with Gasteiger partial charge in [0.05, 0.1) is 0 Å². The molecule has 2 aliphatic rings. The SMILES string of the molecule is CCCC1CCC(c2ccc(OCN3C(=O)C=CC3=O)cc2)CC1. The van der Waals surface area contributed by atoms with Gasteiger partial charge >= 0.3 is 0 Å². The number of imide groups is 1. The maximum absolute atomic E-state index is 11.5. The Kier molecular flexibility index (Phi) is 5.34. The van der Waals surface area contributed by atoms with E-state index in [9.17, 15) is 9.59 Å². The van der Waals surface area contributed by atoms with Gasteiger partial charge in [-0.25, -0.2) is 4.90 Å². The Bertz CT molecular complexity index is 594. The Morgan fingerprint density at radius 3 is 2.21 bits per heavy atom. The van der Waals surface area contributed by atoms with Crippen molar-refractivity contribution in [3.8, 4) is 5.75 Å². The first-order valence-electron chi connectivity index (χ1n) is 8.93. The molecule has 3 rings (SSSR count). The van der Waals surface area contributed by atoms with E-state index in [0.29, 0.717) is 11.7 Å². The molecule has 1 saturated carbocycles. The molecular formula is C20H25NO3. The minimum atomic E-state index is -0.319. The van der Waals surface area contributed by atoms with E-state index in [1.54, 1.807) is 0 Å². The molecule has 0 unspecified atom stereocenters. The molecule has 1 heterocycles. The fraction of sp³-hybridized carbons (Fsp3) is 0.500. The van der Waals surface area contributed by atoms with Crippen molar-refractivity contribution in [3.63, 3.8) is 0 Å². The number of ether oxygens (including phenoxy) is 1. The number of rotatable bonds is 6. The summed E-state index contributed by atoms with van der Waals surface area (Å²) < 4.78 is 5.57. The van der Waals surface area contributed by atoms with Crippen LogP contribution in [0.4, 0.5) is 0 Å². The lowest BCUT2D eigenvalue weighted by atomic mass is 9.77. The number of amides is 2. The zero-order valence-corrected chi connectivity index (χ0v) is 14.2. The van der Waals surface area contributed by atoms with Gasteiger partial charge in [0.15, 0.2) is 6.73 Å². The topological polar surface area (TPSA) is 46.6 Å². The van der Waals surface area contributed by atoms with Crippen LogP contribution in [-0.2, 0) is 9.59 Å². The number of carbonyl (C=O) groups is 2. The molecule has 0 N–H and O–H groups in total. The normalized spacial score (nSPS) is 23.8. The Hall–Kier alpha value is -2.10. The standard InChI is InChI=1S/C20H25NO3/c1-2-3-15-4-6-16(7-5-15)17-8-10-18(11-9-17)24-14-21-19(22)12-13-20(21)23/h8-13,15-16H,2-7,14H2,1H3. The Labute approximate surface area is 143 Å². The summed E-state index contributed by atoms with van der Waals surface area (Å²) in [4.78, 5) is 24.0. The molecule has 1 aromatic rings. The van der Waals surface area contributed by atoms with E-state index in [2.05, 4.69) is 19.1 Å². The number of benzene rings is 1. The van der Waals surface area contributed by atoms with E-state index in [1.807, 2.05) is 12.1 Å². The van der Waals surface area contributed by atoms with E-state index in [4.69, 9.17) is 4.74 Å². The highest BCUT2D eigenvalue weighted by Gasteiger charge is 2.24. The fourth-order valence-electron chi connectivity index (χ4n) is 3.73. The largest absolute Gasteiger partial charge is 0.473 e. The molecule has 1 fully saturated rings. The molecule has 24 heavy (non-hydrogen) atoms. The van der Waals surface area contributed by atoms with Gasteiger partial charge in [-0.1, -0.05) is 31.9 Å².